The van der Waals surface area contributed by atoms with E-state index in [0.29, 0.717) is 6.04 Å². The fourth-order valence-electron chi connectivity index (χ4n) is 2.96. The second kappa shape index (κ2) is 6.98. The molecule has 3 nitrogen and oxygen atoms in total. The molecule has 2 rings (SSSR count). The molecule has 20 heavy (non-hydrogen) atoms. The quantitative estimate of drug-likeness (QED) is 0.893. The van der Waals surface area contributed by atoms with Crippen LogP contribution in [0.15, 0.2) is 24.3 Å². The van der Waals surface area contributed by atoms with Crippen molar-refractivity contribution in [3.8, 4) is 5.75 Å². The van der Waals surface area contributed by atoms with Gasteiger partial charge in [-0.2, -0.15) is 0 Å². The zero-order valence-electron chi connectivity index (χ0n) is 13.2. The molecule has 0 bridgehead atoms. The molecule has 0 saturated heterocycles. The van der Waals surface area contributed by atoms with Gasteiger partial charge >= 0.3 is 0 Å². The molecular formula is C17H28N2O. The van der Waals surface area contributed by atoms with E-state index in [4.69, 9.17) is 4.74 Å². The molecule has 3 heteroatoms. The van der Waals surface area contributed by atoms with Crippen molar-refractivity contribution < 1.29 is 4.74 Å². The number of nitrogens with one attached hydrogen (secondary N) is 1. The molecule has 0 radical (unpaired) electrons. The van der Waals surface area contributed by atoms with Crippen molar-refractivity contribution in [2.45, 2.75) is 45.3 Å². The fraction of sp³-hybridized carbons (Fsp3) is 0.647. The fourth-order valence-corrected chi connectivity index (χ4v) is 2.96. The van der Waals surface area contributed by atoms with Crippen molar-refractivity contribution in [2.75, 3.05) is 25.5 Å². The van der Waals surface area contributed by atoms with Crippen LogP contribution in [-0.2, 0) is 0 Å². The monoisotopic (exact) mass is 276 g/mol. The summed E-state index contributed by atoms with van der Waals surface area (Å²) < 4.78 is 6.29. The number of benzene rings is 1. The highest BCUT2D eigenvalue weighted by Gasteiger charge is 2.29. The van der Waals surface area contributed by atoms with Crippen molar-refractivity contribution in [3.05, 3.63) is 24.3 Å². The minimum atomic E-state index is 0.288. The van der Waals surface area contributed by atoms with Gasteiger partial charge in [-0.25, -0.2) is 0 Å². The molecule has 0 aromatic heterocycles. The molecule has 3 atom stereocenters. The number of ether oxygens (including phenoxy) is 1. The highest BCUT2D eigenvalue weighted by molar-refractivity contribution is 5.49. The minimum Gasteiger partial charge on any atom is -0.489 e. The van der Waals surface area contributed by atoms with Gasteiger partial charge in [0.1, 0.15) is 11.9 Å². The molecule has 1 saturated carbocycles. The average Bonchev–Trinajstić information content (AvgIpc) is 2.42. The first-order valence-corrected chi connectivity index (χ1v) is 7.77. The van der Waals surface area contributed by atoms with Crippen molar-refractivity contribution in [3.63, 3.8) is 0 Å². The van der Waals surface area contributed by atoms with Gasteiger partial charge in [-0.1, -0.05) is 19.9 Å². The highest BCUT2D eigenvalue weighted by atomic mass is 16.5. The third kappa shape index (κ3) is 3.89. The van der Waals surface area contributed by atoms with E-state index in [2.05, 4.69) is 62.4 Å². The Morgan fingerprint density at radius 2 is 2.10 bits per heavy atom. The molecule has 1 N–H and O–H groups in total. The van der Waals surface area contributed by atoms with Gasteiger partial charge in [0.15, 0.2) is 0 Å². The number of hydrogen-bond donors (Lipinski definition) is 1. The van der Waals surface area contributed by atoms with Gasteiger partial charge < -0.3 is 15.0 Å². The Balaban J connectivity index is 2.07. The summed E-state index contributed by atoms with van der Waals surface area (Å²) in [7, 11) is 4.12. The molecule has 3 unspecified atom stereocenters. The largest absolute Gasteiger partial charge is 0.489 e. The predicted molar refractivity (Wildman–Crippen MR) is 85.7 cm³/mol. The molecule has 0 amide bonds. The number of likely N-dealkylation sites (N-methyl/N-ethyl adjacent to an activating group) is 1. The van der Waals surface area contributed by atoms with Crippen LogP contribution >= 0.6 is 0 Å². The lowest BCUT2D eigenvalue weighted by Gasteiger charge is -2.35. The Hall–Kier alpha value is -1.22. The number of nitrogens with zero attached hydrogens (tertiary/aromatic N) is 1. The number of anilines is 1. The SMILES string of the molecule is CCNC1CCC(C)CC1Oc1cccc(N(C)C)c1. The third-order valence-corrected chi connectivity index (χ3v) is 4.14. The maximum absolute atomic E-state index is 6.29. The van der Waals surface area contributed by atoms with E-state index in [0.717, 1.165) is 24.6 Å². The molecule has 1 aromatic rings. The van der Waals surface area contributed by atoms with Crippen LogP contribution in [0.25, 0.3) is 0 Å². The Kier molecular flexibility index (Phi) is 5.30. The maximum atomic E-state index is 6.29. The van der Waals surface area contributed by atoms with E-state index < -0.39 is 0 Å². The average molecular weight is 276 g/mol. The summed E-state index contributed by atoms with van der Waals surface area (Å²) in [6.07, 6.45) is 3.95. The van der Waals surface area contributed by atoms with Crippen molar-refractivity contribution in [1.29, 1.82) is 0 Å². The summed E-state index contributed by atoms with van der Waals surface area (Å²) in [6.45, 7) is 5.51. The smallest absolute Gasteiger partial charge is 0.121 e. The molecular weight excluding hydrogens is 248 g/mol. The topological polar surface area (TPSA) is 24.5 Å². The van der Waals surface area contributed by atoms with Gasteiger partial charge in [-0.15, -0.1) is 0 Å². The highest BCUT2D eigenvalue weighted by Crippen LogP contribution is 2.29. The Morgan fingerprint density at radius 1 is 1.30 bits per heavy atom. The first kappa shape index (κ1) is 15.2. The Morgan fingerprint density at radius 3 is 2.80 bits per heavy atom. The molecule has 0 aliphatic heterocycles. The van der Waals surface area contributed by atoms with Gasteiger partial charge in [0, 0.05) is 31.9 Å². The van der Waals surface area contributed by atoms with Crippen molar-refractivity contribution >= 4 is 5.69 Å². The van der Waals surface area contributed by atoms with Crippen LogP contribution in [0, 0.1) is 5.92 Å². The molecule has 0 spiro atoms. The second-order valence-corrected chi connectivity index (χ2v) is 6.13. The maximum Gasteiger partial charge on any atom is 0.121 e. The van der Waals surface area contributed by atoms with Gasteiger partial charge in [0.05, 0.1) is 0 Å². The van der Waals surface area contributed by atoms with Crippen molar-refractivity contribution in [2.24, 2.45) is 5.92 Å². The third-order valence-electron chi connectivity index (χ3n) is 4.14. The summed E-state index contributed by atoms with van der Waals surface area (Å²) >= 11 is 0. The van der Waals surface area contributed by atoms with E-state index in [1.165, 1.54) is 18.5 Å². The first-order valence-electron chi connectivity index (χ1n) is 7.77. The summed E-state index contributed by atoms with van der Waals surface area (Å²) in [5, 5.41) is 3.58. The summed E-state index contributed by atoms with van der Waals surface area (Å²) in [5.74, 6) is 1.74. The van der Waals surface area contributed by atoms with E-state index in [-0.39, 0.29) is 6.10 Å². The minimum absolute atomic E-state index is 0.288. The number of rotatable bonds is 5. The van der Waals surface area contributed by atoms with Crippen LogP contribution in [-0.4, -0.2) is 32.8 Å². The summed E-state index contributed by atoms with van der Waals surface area (Å²) in [5.41, 5.74) is 1.19. The van der Waals surface area contributed by atoms with Crippen LogP contribution in [0.3, 0.4) is 0 Å². The van der Waals surface area contributed by atoms with Gasteiger partial charge in [0.25, 0.3) is 0 Å². The molecule has 1 aliphatic carbocycles. The summed E-state index contributed by atoms with van der Waals surface area (Å²) in [6, 6.07) is 8.86. The molecule has 0 heterocycles. The molecule has 1 fully saturated rings. The second-order valence-electron chi connectivity index (χ2n) is 6.13. The van der Waals surface area contributed by atoms with E-state index in [1.807, 2.05) is 0 Å². The molecule has 1 aromatic carbocycles. The Labute approximate surface area is 123 Å². The zero-order chi connectivity index (χ0) is 14.5. The van der Waals surface area contributed by atoms with E-state index >= 15 is 0 Å². The normalized spacial score (nSPS) is 26.3. The van der Waals surface area contributed by atoms with Crippen LogP contribution in [0.4, 0.5) is 5.69 Å². The number of hydrogen-bond acceptors (Lipinski definition) is 3. The van der Waals surface area contributed by atoms with Crippen LogP contribution in [0.2, 0.25) is 0 Å². The lowest BCUT2D eigenvalue weighted by Crippen LogP contribution is -2.46. The summed E-state index contributed by atoms with van der Waals surface area (Å²) in [4.78, 5) is 2.11. The predicted octanol–water partition coefficient (Wildman–Crippen LogP) is 3.30. The van der Waals surface area contributed by atoms with Crippen LogP contribution in [0.5, 0.6) is 5.75 Å². The van der Waals surface area contributed by atoms with Crippen molar-refractivity contribution in [1.82, 2.24) is 5.32 Å². The molecule has 1 aliphatic rings. The lowest BCUT2D eigenvalue weighted by atomic mass is 9.85. The van der Waals surface area contributed by atoms with E-state index in [9.17, 15) is 0 Å². The Bertz CT molecular complexity index is 419. The van der Waals surface area contributed by atoms with Crippen LogP contribution < -0.4 is 15.0 Å². The lowest BCUT2D eigenvalue weighted by molar-refractivity contribution is 0.0917. The first-order chi connectivity index (χ1) is 9.60. The molecule has 112 valence electrons. The zero-order valence-corrected chi connectivity index (χ0v) is 13.2. The van der Waals surface area contributed by atoms with Gasteiger partial charge in [-0.05, 0) is 43.9 Å². The van der Waals surface area contributed by atoms with Crippen LogP contribution in [0.1, 0.15) is 33.1 Å². The van der Waals surface area contributed by atoms with E-state index in [1.54, 1.807) is 0 Å². The van der Waals surface area contributed by atoms with Gasteiger partial charge in [-0.3, -0.25) is 0 Å². The standard InChI is InChI=1S/C17H28N2O/c1-5-18-16-10-9-13(2)11-17(16)20-15-8-6-7-14(12-15)19(3)4/h6-8,12-13,16-18H,5,9-11H2,1-4H3. The van der Waals surface area contributed by atoms with Gasteiger partial charge in [0.2, 0.25) is 0 Å².